The molecule has 1 amide bonds. The summed E-state index contributed by atoms with van der Waals surface area (Å²) in [5, 5.41) is 0. The standard InChI is InChI=1S/C17H20N2O3/c1-17(2,3)14-9-8-13(15(18)20)16(19-14)22-12-7-5-6-11(10-12)21-4/h5-10H,1-4H3,(H2,18,20). The highest BCUT2D eigenvalue weighted by Gasteiger charge is 2.20. The van der Waals surface area contributed by atoms with Crippen molar-refractivity contribution in [1.82, 2.24) is 4.98 Å². The SMILES string of the molecule is COc1cccc(Oc2nc(C(C)(C)C)ccc2C(N)=O)c1. The molecule has 116 valence electrons. The second-order valence-corrected chi connectivity index (χ2v) is 5.94. The van der Waals surface area contributed by atoms with Crippen LogP contribution in [0.3, 0.4) is 0 Å². The van der Waals surface area contributed by atoms with Gasteiger partial charge < -0.3 is 15.2 Å². The molecule has 1 heterocycles. The van der Waals surface area contributed by atoms with E-state index in [1.165, 1.54) is 0 Å². The number of pyridine rings is 1. The number of benzene rings is 1. The third-order valence-corrected chi connectivity index (χ3v) is 3.15. The van der Waals surface area contributed by atoms with Gasteiger partial charge in [0.05, 0.1) is 7.11 Å². The molecular weight excluding hydrogens is 280 g/mol. The van der Waals surface area contributed by atoms with Crippen molar-refractivity contribution in [3.8, 4) is 17.4 Å². The van der Waals surface area contributed by atoms with E-state index in [2.05, 4.69) is 4.98 Å². The van der Waals surface area contributed by atoms with Crippen LogP contribution in [0.5, 0.6) is 17.4 Å². The fourth-order valence-electron chi connectivity index (χ4n) is 1.90. The molecule has 0 saturated heterocycles. The molecule has 22 heavy (non-hydrogen) atoms. The maximum Gasteiger partial charge on any atom is 0.254 e. The molecule has 0 spiro atoms. The quantitative estimate of drug-likeness (QED) is 0.940. The summed E-state index contributed by atoms with van der Waals surface area (Å²) in [4.78, 5) is 16.0. The summed E-state index contributed by atoms with van der Waals surface area (Å²) in [6.45, 7) is 6.11. The maximum atomic E-state index is 11.6. The number of rotatable bonds is 4. The highest BCUT2D eigenvalue weighted by atomic mass is 16.5. The van der Waals surface area contributed by atoms with Crippen LogP contribution in [0.4, 0.5) is 0 Å². The van der Waals surface area contributed by atoms with Gasteiger partial charge in [-0.05, 0) is 24.3 Å². The second-order valence-electron chi connectivity index (χ2n) is 5.94. The number of hydrogen-bond donors (Lipinski definition) is 1. The number of ether oxygens (including phenoxy) is 2. The fourth-order valence-corrected chi connectivity index (χ4v) is 1.90. The fraction of sp³-hybridized carbons (Fsp3) is 0.294. The average Bonchev–Trinajstić information content (AvgIpc) is 2.46. The van der Waals surface area contributed by atoms with E-state index in [1.807, 2.05) is 20.8 Å². The number of primary amides is 1. The highest BCUT2D eigenvalue weighted by molar-refractivity contribution is 5.95. The molecule has 0 fully saturated rings. The molecule has 0 atom stereocenters. The minimum atomic E-state index is -0.578. The molecule has 2 N–H and O–H groups in total. The number of amides is 1. The number of hydrogen-bond acceptors (Lipinski definition) is 4. The predicted molar refractivity (Wildman–Crippen MR) is 84.5 cm³/mol. The van der Waals surface area contributed by atoms with Gasteiger partial charge in [0, 0.05) is 17.2 Å². The highest BCUT2D eigenvalue weighted by Crippen LogP contribution is 2.29. The summed E-state index contributed by atoms with van der Waals surface area (Å²) in [5.41, 5.74) is 6.30. The maximum absolute atomic E-state index is 11.6. The van der Waals surface area contributed by atoms with Gasteiger partial charge in [0.2, 0.25) is 5.88 Å². The lowest BCUT2D eigenvalue weighted by molar-refractivity contribution is 0.0997. The van der Waals surface area contributed by atoms with Crippen LogP contribution in [-0.2, 0) is 5.41 Å². The van der Waals surface area contributed by atoms with Gasteiger partial charge in [0.25, 0.3) is 5.91 Å². The zero-order chi connectivity index (χ0) is 16.3. The lowest BCUT2D eigenvalue weighted by atomic mass is 9.91. The van der Waals surface area contributed by atoms with Crippen LogP contribution >= 0.6 is 0 Å². The molecule has 0 bridgehead atoms. The summed E-state index contributed by atoms with van der Waals surface area (Å²) in [6, 6.07) is 10.5. The van der Waals surface area contributed by atoms with Crippen molar-refractivity contribution in [2.24, 2.45) is 5.73 Å². The van der Waals surface area contributed by atoms with E-state index in [-0.39, 0.29) is 16.9 Å². The van der Waals surface area contributed by atoms with E-state index in [9.17, 15) is 4.79 Å². The summed E-state index contributed by atoms with van der Waals surface area (Å²) in [5.74, 6) is 0.810. The lowest BCUT2D eigenvalue weighted by Gasteiger charge is -2.19. The van der Waals surface area contributed by atoms with Gasteiger partial charge in [0.15, 0.2) is 0 Å². The van der Waals surface area contributed by atoms with E-state index >= 15 is 0 Å². The van der Waals surface area contributed by atoms with Gasteiger partial charge in [-0.2, -0.15) is 0 Å². The monoisotopic (exact) mass is 300 g/mol. The molecule has 5 heteroatoms. The van der Waals surface area contributed by atoms with Crippen LogP contribution < -0.4 is 15.2 Å². The Kier molecular flexibility index (Phi) is 4.35. The Hall–Kier alpha value is -2.56. The Morgan fingerprint density at radius 1 is 1.14 bits per heavy atom. The van der Waals surface area contributed by atoms with Crippen molar-refractivity contribution in [2.45, 2.75) is 26.2 Å². The molecule has 1 aromatic carbocycles. The summed E-state index contributed by atoms with van der Waals surface area (Å²) < 4.78 is 10.9. The number of nitrogens with two attached hydrogens (primary N) is 1. The first-order chi connectivity index (χ1) is 10.3. The van der Waals surface area contributed by atoms with Gasteiger partial charge in [-0.15, -0.1) is 0 Å². The molecule has 2 aromatic rings. The van der Waals surface area contributed by atoms with E-state index in [0.29, 0.717) is 11.5 Å². The Labute approximate surface area is 130 Å². The Morgan fingerprint density at radius 2 is 1.82 bits per heavy atom. The van der Waals surface area contributed by atoms with Gasteiger partial charge in [-0.25, -0.2) is 4.98 Å². The molecular formula is C17H20N2O3. The minimum Gasteiger partial charge on any atom is -0.497 e. The largest absolute Gasteiger partial charge is 0.497 e. The van der Waals surface area contributed by atoms with Crippen molar-refractivity contribution < 1.29 is 14.3 Å². The molecule has 0 saturated carbocycles. The van der Waals surface area contributed by atoms with Crippen LogP contribution in [0.2, 0.25) is 0 Å². The summed E-state index contributed by atoms with van der Waals surface area (Å²) >= 11 is 0. The van der Waals surface area contributed by atoms with Crippen molar-refractivity contribution in [3.05, 3.63) is 47.7 Å². The van der Waals surface area contributed by atoms with Gasteiger partial charge >= 0.3 is 0 Å². The van der Waals surface area contributed by atoms with E-state index in [4.69, 9.17) is 15.2 Å². The number of nitrogens with zero attached hydrogens (tertiary/aromatic N) is 1. The molecule has 0 unspecified atom stereocenters. The van der Waals surface area contributed by atoms with Crippen molar-refractivity contribution in [1.29, 1.82) is 0 Å². The number of methoxy groups -OCH3 is 1. The minimum absolute atomic E-state index is 0.164. The first-order valence-corrected chi connectivity index (χ1v) is 6.94. The van der Waals surface area contributed by atoms with Gasteiger partial charge in [-0.3, -0.25) is 4.79 Å². The molecule has 0 aliphatic heterocycles. The Morgan fingerprint density at radius 3 is 2.41 bits per heavy atom. The third kappa shape index (κ3) is 3.55. The molecule has 5 nitrogen and oxygen atoms in total. The van der Waals surface area contributed by atoms with Crippen molar-refractivity contribution >= 4 is 5.91 Å². The molecule has 0 aliphatic carbocycles. The number of aromatic nitrogens is 1. The van der Waals surface area contributed by atoms with Gasteiger partial charge in [0.1, 0.15) is 17.1 Å². The first kappa shape index (κ1) is 15.8. The zero-order valence-corrected chi connectivity index (χ0v) is 13.2. The van der Waals surface area contributed by atoms with E-state index < -0.39 is 5.91 Å². The van der Waals surface area contributed by atoms with Crippen LogP contribution in [-0.4, -0.2) is 18.0 Å². The Balaban J connectivity index is 2.44. The smallest absolute Gasteiger partial charge is 0.254 e. The van der Waals surface area contributed by atoms with Crippen molar-refractivity contribution in [2.75, 3.05) is 7.11 Å². The second kappa shape index (κ2) is 6.05. The normalized spacial score (nSPS) is 11.1. The summed E-state index contributed by atoms with van der Waals surface area (Å²) in [6.07, 6.45) is 0. The average molecular weight is 300 g/mol. The van der Waals surface area contributed by atoms with Crippen molar-refractivity contribution in [3.63, 3.8) is 0 Å². The van der Waals surface area contributed by atoms with E-state index in [0.717, 1.165) is 5.69 Å². The van der Waals surface area contributed by atoms with Crippen LogP contribution in [0.25, 0.3) is 0 Å². The lowest BCUT2D eigenvalue weighted by Crippen LogP contribution is -2.17. The Bertz CT molecular complexity index is 691. The van der Waals surface area contributed by atoms with Crippen LogP contribution in [0.1, 0.15) is 36.8 Å². The third-order valence-electron chi connectivity index (χ3n) is 3.15. The predicted octanol–water partition coefficient (Wildman–Crippen LogP) is 3.28. The van der Waals surface area contributed by atoms with Gasteiger partial charge in [-0.1, -0.05) is 26.8 Å². The molecule has 0 radical (unpaired) electrons. The topological polar surface area (TPSA) is 74.4 Å². The number of carbonyl (C=O) groups excluding carboxylic acids is 1. The zero-order valence-electron chi connectivity index (χ0n) is 13.2. The molecule has 0 aliphatic rings. The molecule has 1 aromatic heterocycles. The summed E-state index contributed by atoms with van der Waals surface area (Å²) in [7, 11) is 1.58. The molecule has 2 rings (SSSR count). The van der Waals surface area contributed by atoms with Crippen LogP contribution in [0, 0.1) is 0 Å². The first-order valence-electron chi connectivity index (χ1n) is 6.94. The van der Waals surface area contributed by atoms with Crippen LogP contribution in [0.15, 0.2) is 36.4 Å². The number of carbonyl (C=O) groups is 1. The van der Waals surface area contributed by atoms with E-state index in [1.54, 1.807) is 43.5 Å².